The molecule has 11 heteroatoms. The van der Waals surface area contributed by atoms with Gasteiger partial charge >= 0.3 is 12.1 Å². The van der Waals surface area contributed by atoms with E-state index in [1.807, 2.05) is 30.3 Å². The number of carboxylic acid groups (broad SMARTS) is 1. The van der Waals surface area contributed by atoms with Gasteiger partial charge in [0.05, 0.1) is 37.6 Å². The lowest BCUT2D eigenvalue weighted by atomic mass is 10.1. The van der Waals surface area contributed by atoms with Gasteiger partial charge < -0.3 is 34.1 Å². The maximum absolute atomic E-state index is 13.5. The number of hydrogen-bond donors (Lipinski definition) is 2. The number of carbonyl (C=O) groups excluding carboxylic acids is 2. The van der Waals surface area contributed by atoms with E-state index in [-0.39, 0.29) is 41.9 Å². The molecule has 0 aromatic heterocycles. The molecule has 0 bridgehead atoms. The molecular weight excluding hydrogens is 508 g/mol. The quantitative estimate of drug-likeness (QED) is 0.514. The lowest BCUT2D eigenvalue weighted by Crippen LogP contribution is -2.51. The van der Waals surface area contributed by atoms with E-state index in [1.54, 1.807) is 20.8 Å². The highest BCUT2D eigenvalue weighted by Gasteiger charge is 2.46. The number of aliphatic hydroxyl groups excluding tert-OH is 1. The van der Waals surface area contributed by atoms with E-state index in [0.29, 0.717) is 19.4 Å². The van der Waals surface area contributed by atoms with Gasteiger partial charge in [-0.1, -0.05) is 30.3 Å². The molecule has 2 unspecified atom stereocenters. The Morgan fingerprint density at radius 1 is 1.13 bits per heavy atom. The summed E-state index contributed by atoms with van der Waals surface area (Å²) in [6.07, 6.45) is -2.49. The van der Waals surface area contributed by atoms with Crippen molar-refractivity contribution in [2.45, 2.75) is 64.2 Å². The first kappa shape index (κ1) is 28.2. The van der Waals surface area contributed by atoms with Crippen molar-refractivity contribution < 1.29 is 43.5 Å². The largest absolute Gasteiger partial charge is 0.493 e. The molecule has 2 amide bonds. The SMILES string of the molecule is COc1cc2c(cc1OC(COCc1ccccc1)C(=O)O)N(C(=O)OC(C)(C)C)C(O)[C@@H]1CCCN1C2=O. The van der Waals surface area contributed by atoms with Crippen LogP contribution in [0.1, 0.15) is 49.5 Å². The standard InChI is InChI=1S/C28H34N2O9/c1-28(2,3)39-27(35)30-20-14-22(38-23(26(33)34)16-37-15-17-9-6-5-7-10-17)21(36-4)13-18(20)24(31)29-12-8-11-19(29)25(30)32/h5-7,9-10,13-14,19,23,25,32H,8,11-12,15-16H2,1-4H3,(H,33,34)/t19-,23?,25?/m0/s1. The third kappa shape index (κ3) is 6.26. The minimum absolute atomic E-state index is 0.0290. The Morgan fingerprint density at radius 3 is 2.49 bits per heavy atom. The van der Waals surface area contributed by atoms with Crippen LogP contribution in [0.2, 0.25) is 0 Å². The summed E-state index contributed by atoms with van der Waals surface area (Å²) < 4.78 is 22.4. The lowest BCUT2D eigenvalue weighted by Gasteiger charge is -2.33. The first-order valence-electron chi connectivity index (χ1n) is 12.7. The minimum atomic E-state index is -1.43. The second-order valence-electron chi connectivity index (χ2n) is 10.4. The average molecular weight is 543 g/mol. The Hall–Kier alpha value is -3.83. The van der Waals surface area contributed by atoms with Gasteiger partial charge in [-0.15, -0.1) is 0 Å². The molecular formula is C28H34N2O9. The molecule has 0 saturated carbocycles. The molecule has 2 N–H and O–H groups in total. The zero-order valence-electron chi connectivity index (χ0n) is 22.5. The molecule has 1 saturated heterocycles. The van der Waals surface area contributed by atoms with Crippen molar-refractivity contribution in [3.63, 3.8) is 0 Å². The summed E-state index contributed by atoms with van der Waals surface area (Å²) >= 11 is 0. The molecule has 11 nitrogen and oxygen atoms in total. The number of ether oxygens (including phenoxy) is 4. The van der Waals surface area contributed by atoms with E-state index < -0.39 is 36.0 Å². The van der Waals surface area contributed by atoms with Gasteiger partial charge in [-0.2, -0.15) is 0 Å². The molecule has 2 aromatic carbocycles. The molecule has 0 aliphatic carbocycles. The number of benzene rings is 2. The van der Waals surface area contributed by atoms with E-state index in [9.17, 15) is 24.6 Å². The van der Waals surface area contributed by atoms with Crippen LogP contribution in [0.4, 0.5) is 10.5 Å². The van der Waals surface area contributed by atoms with Gasteiger partial charge in [-0.05, 0) is 45.2 Å². The Balaban J connectivity index is 1.69. The fourth-order valence-corrected chi connectivity index (χ4v) is 4.68. The molecule has 2 aromatic rings. The summed E-state index contributed by atoms with van der Waals surface area (Å²) in [7, 11) is 1.36. The van der Waals surface area contributed by atoms with Crippen LogP contribution in [0.5, 0.6) is 11.5 Å². The van der Waals surface area contributed by atoms with Crippen LogP contribution in [0.3, 0.4) is 0 Å². The molecule has 0 spiro atoms. The maximum atomic E-state index is 13.5. The van der Waals surface area contributed by atoms with Gasteiger partial charge in [0, 0.05) is 12.6 Å². The molecule has 2 aliphatic heterocycles. The predicted octanol–water partition coefficient (Wildman–Crippen LogP) is 3.42. The summed E-state index contributed by atoms with van der Waals surface area (Å²) in [6, 6.07) is 11.4. The summed E-state index contributed by atoms with van der Waals surface area (Å²) in [5.41, 5.74) is 0.117. The highest BCUT2D eigenvalue weighted by Crippen LogP contribution is 2.41. The van der Waals surface area contributed by atoms with E-state index in [1.165, 1.54) is 24.1 Å². The van der Waals surface area contributed by atoms with Crippen LogP contribution in [0.15, 0.2) is 42.5 Å². The van der Waals surface area contributed by atoms with Gasteiger partial charge in [0.2, 0.25) is 6.10 Å². The molecule has 210 valence electrons. The number of fused-ring (bicyclic) bond motifs is 2. The number of aliphatic carboxylic acids is 1. The number of amides is 2. The van der Waals surface area contributed by atoms with Crippen molar-refractivity contribution in [1.82, 2.24) is 4.90 Å². The predicted molar refractivity (Wildman–Crippen MR) is 140 cm³/mol. The van der Waals surface area contributed by atoms with Crippen molar-refractivity contribution in [3.8, 4) is 11.5 Å². The van der Waals surface area contributed by atoms with E-state index in [2.05, 4.69) is 0 Å². The molecule has 0 radical (unpaired) electrons. The van der Waals surface area contributed by atoms with Crippen molar-refractivity contribution in [1.29, 1.82) is 0 Å². The average Bonchev–Trinajstić information content (AvgIpc) is 3.35. The minimum Gasteiger partial charge on any atom is -0.493 e. The number of hydrogen-bond acceptors (Lipinski definition) is 8. The van der Waals surface area contributed by atoms with Crippen molar-refractivity contribution in [2.75, 3.05) is 25.2 Å². The van der Waals surface area contributed by atoms with Gasteiger partial charge in [-0.25, -0.2) is 14.5 Å². The van der Waals surface area contributed by atoms with Crippen LogP contribution in [0, 0.1) is 0 Å². The van der Waals surface area contributed by atoms with Gasteiger partial charge in [0.25, 0.3) is 5.91 Å². The normalized spacial score (nSPS) is 19.6. The Kier molecular flexibility index (Phi) is 8.31. The molecule has 3 atom stereocenters. The third-order valence-corrected chi connectivity index (χ3v) is 6.46. The summed E-state index contributed by atoms with van der Waals surface area (Å²) in [6.45, 7) is 5.40. The first-order chi connectivity index (χ1) is 18.5. The second kappa shape index (κ2) is 11.5. The zero-order valence-corrected chi connectivity index (χ0v) is 22.5. The van der Waals surface area contributed by atoms with Crippen molar-refractivity contribution in [2.24, 2.45) is 0 Å². The smallest absolute Gasteiger partial charge is 0.417 e. The van der Waals surface area contributed by atoms with Gasteiger partial charge in [0.1, 0.15) is 5.60 Å². The number of rotatable bonds is 8. The lowest BCUT2D eigenvalue weighted by molar-refractivity contribution is -0.148. The van der Waals surface area contributed by atoms with Crippen molar-refractivity contribution >= 4 is 23.7 Å². The fraction of sp³-hybridized carbons (Fsp3) is 0.464. The molecule has 39 heavy (non-hydrogen) atoms. The number of anilines is 1. The third-order valence-electron chi connectivity index (χ3n) is 6.46. The van der Waals surface area contributed by atoms with Crippen molar-refractivity contribution in [3.05, 3.63) is 53.6 Å². The number of aliphatic hydroxyl groups is 1. The van der Waals surface area contributed by atoms with E-state index in [4.69, 9.17) is 18.9 Å². The number of methoxy groups -OCH3 is 1. The molecule has 1 fully saturated rings. The topological polar surface area (TPSA) is 135 Å². The molecule has 2 aliphatic rings. The first-order valence-corrected chi connectivity index (χ1v) is 12.7. The molecule has 2 heterocycles. The molecule has 4 rings (SSSR count). The van der Waals surface area contributed by atoms with Crippen LogP contribution >= 0.6 is 0 Å². The summed E-state index contributed by atoms with van der Waals surface area (Å²) in [5.74, 6) is -1.61. The number of nitrogens with zero attached hydrogens (tertiary/aromatic N) is 2. The van der Waals surface area contributed by atoms with Crippen LogP contribution in [0.25, 0.3) is 0 Å². The highest BCUT2D eigenvalue weighted by atomic mass is 16.6. The Morgan fingerprint density at radius 2 is 1.85 bits per heavy atom. The van der Waals surface area contributed by atoms with Gasteiger partial charge in [-0.3, -0.25) is 4.79 Å². The van der Waals surface area contributed by atoms with E-state index >= 15 is 0 Å². The van der Waals surface area contributed by atoms with Crippen LogP contribution < -0.4 is 14.4 Å². The van der Waals surface area contributed by atoms with Crippen LogP contribution in [-0.4, -0.2) is 77.3 Å². The number of carbonyl (C=O) groups is 3. The zero-order chi connectivity index (χ0) is 28.3. The maximum Gasteiger partial charge on any atom is 0.417 e. The second-order valence-corrected chi connectivity index (χ2v) is 10.4. The Labute approximate surface area is 226 Å². The fourth-order valence-electron chi connectivity index (χ4n) is 4.68. The monoisotopic (exact) mass is 542 g/mol. The van der Waals surface area contributed by atoms with E-state index in [0.717, 1.165) is 10.5 Å². The van der Waals surface area contributed by atoms with Crippen LogP contribution in [-0.2, 0) is 20.9 Å². The number of carboxylic acids is 1. The van der Waals surface area contributed by atoms with Gasteiger partial charge in [0.15, 0.2) is 17.7 Å². The Bertz CT molecular complexity index is 1210. The summed E-state index contributed by atoms with van der Waals surface area (Å²) in [4.78, 5) is 41.5. The highest BCUT2D eigenvalue weighted by molar-refractivity contribution is 6.06. The summed E-state index contributed by atoms with van der Waals surface area (Å²) in [5, 5.41) is 21.1.